The summed E-state index contributed by atoms with van der Waals surface area (Å²) in [4.78, 5) is 37.7. The molecule has 0 bridgehead atoms. The predicted molar refractivity (Wildman–Crippen MR) is 83.3 cm³/mol. The number of Topliss-reactive ketones (excluding diaryl/α,β-unsaturated/α-hetero) is 1. The second-order valence-electron chi connectivity index (χ2n) is 5.70. The van der Waals surface area contributed by atoms with Crippen LogP contribution in [0, 0.1) is 23.1 Å². The van der Waals surface area contributed by atoms with Gasteiger partial charge in [0, 0.05) is 11.3 Å². The topological polar surface area (TPSA) is 108 Å². The van der Waals surface area contributed by atoms with Crippen LogP contribution in [0.4, 0.5) is 10.1 Å². The molecular formula is C17H14FN3O4. The van der Waals surface area contributed by atoms with Crippen LogP contribution in [0.2, 0.25) is 0 Å². The number of nitrogens with zero attached hydrogens (tertiary/aromatic N) is 1. The molecule has 2 atom stereocenters. The maximum atomic E-state index is 13.9. The van der Waals surface area contributed by atoms with Crippen LogP contribution in [-0.2, 0) is 24.5 Å². The molecule has 8 heteroatoms. The van der Waals surface area contributed by atoms with Crippen LogP contribution < -0.4 is 10.6 Å². The minimum absolute atomic E-state index is 0.0707. The molecule has 2 amide bonds. The van der Waals surface area contributed by atoms with E-state index < -0.39 is 34.7 Å². The predicted octanol–water partition coefficient (Wildman–Crippen LogP) is 1.12. The third-order valence-corrected chi connectivity index (χ3v) is 4.34. The zero-order valence-electron chi connectivity index (χ0n) is 13.5. The normalized spacial score (nSPS) is 24.5. The second-order valence-corrected chi connectivity index (χ2v) is 5.70. The van der Waals surface area contributed by atoms with E-state index in [4.69, 9.17) is 4.74 Å². The van der Waals surface area contributed by atoms with E-state index in [1.165, 1.54) is 13.0 Å². The molecule has 2 unspecified atom stereocenters. The van der Waals surface area contributed by atoms with Gasteiger partial charge in [-0.3, -0.25) is 19.7 Å². The first kappa shape index (κ1) is 16.6. The van der Waals surface area contributed by atoms with E-state index in [1.54, 1.807) is 13.0 Å². The van der Waals surface area contributed by atoms with Crippen LogP contribution in [0.15, 0.2) is 29.7 Å². The van der Waals surface area contributed by atoms with Gasteiger partial charge in [0.1, 0.15) is 17.2 Å². The van der Waals surface area contributed by atoms with Crippen LogP contribution in [0.3, 0.4) is 0 Å². The van der Waals surface area contributed by atoms with Gasteiger partial charge in [0.2, 0.25) is 17.7 Å². The van der Waals surface area contributed by atoms with Crippen molar-refractivity contribution >= 4 is 23.3 Å². The molecule has 2 heterocycles. The minimum Gasteiger partial charge on any atom is -0.479 e. The highest BCUT2D eigenvalue weighted by atomic mass is 19.1. The molecule has 25 heavy (non-hydrogen) atoms. The Morgan fingerprint density at radius 3 is 2.72 bits per heavy atom. The Labute approximate surface area is 142 Å². The van der Waals surface area contributed by atoms with Crippen molar-refractivity contribution in [3.63, 3.8) is 0 Å². The summed E-state index contributed by atoms with van der Waals surface area (Å²) in [6, 6.07) is 5.32. The summed E-state index contributed by atoms with van der Waals surface area (Å²) in [6.07, 6.45) is 0. The van der Waals surface area contributed by atoms with Crippen molar-refractivity contribution in [2.24, 2.45) is 5.92 Å². The molecule has 1 aromatic rings. The summed E-state index contributed by atoms with van der Waals surface area (Å²) in [7, 11) is 0. The van der Waals surface area contributed by atoms with E-state index in [0.717, 1.165) is 12.1 Å². The molecule has 128 valence electrons. The Bertz CT molecular complexity index is 886. The van der Waals surface area contributed by atoms with Gasteiger partial charge in [-0.1, -0.05) is 0 Å². The van der Waals surface area contributed by atoms with Crippen molar-refractivity contribution in [1.29, 1.82) is 5.26 Å². The van der Waals surface area contributed by atoms with Crippen molar-refractivity contribution in [1.82, 2.24) is 5.32 Å². The summed E-state index contributed by atoms with van der Waals surface area (Å²) in [5.74, 6) is -4.47. The fourth-order valence-corrected chi connectivity index (χ4v) is 3.44. The number of ether oxygens (including phenoxy) is 1. The Kier molecular flexibility index (Phi) is 3.80. The Hall–Kier alpha value is -3.21. The number of anilines is 1. The van der Waals surface area contributed by atoms with Crippen LogP contribution in [0.25, 0.3) is 0 Å². The fourth-order valence-electron chi connectivity index (χ4n) is 3.44. The van der Waals surface area contributed by atoms with E-state index in [0.29, 0.717) is 0 Å². The summed E-state index contributed by atoms with van der Waals surface area (Å²) in [5, 5.41) is 14.5. The lowest BCUT2D eigenvalue weighted by Crippen LogP contribution is -2.56. The average molecular weight is 343 g/mol. The van der Waals surface area contributed by atoms with Crippen molar-refractivity contribution in [3.05, 3.63) is 41.0 Å². The fraction of sp³-hybridized carbons (Fsp3) is 0.294. The molecule has 1 aromatic carbocycles. The SMILES string of the molecule is CCOC1=C(C(C)=O)C2(C(=O)Nc3ccc(F)cc32)C(C#N)C(=O)N1. The number of nitrogens with one attached hydrogen (secondary N) is 2. The number of ketones is 1. The third-order valence-electron chi connectivity index (χ3n) is 4.34. The van der Waals surface area contributed by atoms with Crippen molar-refractivity contribution in [3.8, 4) is 6.07 Å². The number of amides is 2. The van der Waals surface area contributed by atoms with Gasteiger partial charge < -0.3 is 10.1 Å². The van der Waals surface area contributed by atoms with Crippen molar-refractivity contribution < 1.29 is 23.5 Å². The monoisotopic (exact) mass is 343 g/mol. The van der Waals surface area contributed by atoms with E-state index in [-0.39, 0.29) is 29.3 Å². The molecule has 2 N–H and O–H groups in total. The molecule has 0 aromatic heterocycles. The lowest BCUT2D eigenvalue weighted by molar-refractivity contribution is -0.133. The number of carbonyl (C=O) groups excluding carboxylic acids is 3. The van der Waals surface area contributed by atoms with Gasteiger partial charge in [-0.05, 0) is 32.0 Å². The first-order chi connectivity index (χ1) is 11.9. The highest BCUT2D eigenvalue weighted by Gasteiger charge is 2.62. The van der Waals surface area contributed by atoms with E-state index in [1.807, 2.05) is 0 Å². The smallest absolute Gasteiger partial charge is 0.245 e. The average Bonchev–Trinajstić information content (AvgIpc) is 2.81. The molecule has 1 spiro atoms. The van der Waals surface area contributed by atoms with Gasteiger partial charge in [0.05, 0.1) is 18.2 Å². The number of rotatable bonds is 3. The van der Waals surface area contributed by atoms with E-state index in [9.17, 15) is 24.0 Å². The van der Waals surface area contributed by atoms with Gasteiger partial charge in [0.25, 0.3) is 0 Å². The van der Waals surface area contributed by atoms with Gasteiger partial charge >= 0.3 is 0 Å². The molecule has 7 nitrogen and oxygen atoms in total. The molecule has 2 aliphatic rings. The van der Waals surface area contributed by atoms with Gasteiger partial charge in [-0.25, -0.2) is 4.39 Å². The zero-order chi connectivity index (χ0) is 18.4. The molecule has 0 saturated carbocycles. The van der Waals surface area contributed by atoms with Crippen molar-refractivity contribution in [2.75, 3.05) is 11.9 Å². The van der Waals surface area contributed by atoms with Gasteiger partial charge in [-0.15, -0.1) is 0 Å². The first-order valence-electron chi connectivity index (χ1n) is 7.58. The van der Waals surface area contributed by atoms with Crippen LogP contribution >= 0.6 is 0 Å². The lowest BCUT2D eigenvalue weighted by Gasteiger charge is -2.37. The summed E-state index contributed by atoms with van der Waals surface area (Å²) >= 11 is 0. The number of halogens is 1. The summed E-state index contributed by atoms with van der Waals surface area (Å²) in [6.45, 7) is 2.96. The number of carbonyl (C=O) groups is 3. The Morgan fingerprint density at radius 2 is 2.12 bits per heavy atom. The molecule has 3 rings (SSSR count). The first-order valence-corrected chi connectivity index (χ1v) is 7.58. The maximum Gasteiger partial charge on any atom is 0.245 e. The number of hydrogen-bond acceptors (Lipinski definition) is 5. The number of fused-ring (bicyclic) bond motifs is 2. The Balaban J connectivity index is 2.44. The summed E-state index contributed by atoms with van der Waals surface area (Å²) < 4.78 is 19.2. The second kappa shape index (κ2) is 5.70. The molecule has 0 aliphatic carbocycles. The third kappa shape index (κ3) is 2.12. The number of hydrogen-bond donors (Lipinski definition) is 2. The number of benzene rings is 1. The molecule has 0 fully saturated rings. The standard InChI is InChI=1S/C17H14FN3O4/c1-3-25-15-13(8(2)22)17(11(7-19)14(23)21-15)10-6-9(18)4-5-12(10)20-16(17)24/h4-6,11H,3H2,1-2H3,(H,20,24)(H,21,23). The minimum atomic E-state index is -1.95. The lowest BCUT2D eigenvalue weighted by atomic mass is 9.63. The highest BCUT2D eigenvalue weighted by molar-refractivity contribution is 6.19. The molecule has 0 saturated heterocycles. The van der Waals surface area contributed by atoms with Crippen LogP contribution in [0.1, 0.15) is 19.4 Å². The van der Waals surface area contributed by atoms with Crippen LogP contribution in [-0.4, -0.2) is 24.2 Å². The van der Waals surface area contributed by atoms with Gasteiger partial charge in [-0.2, -0.15) is 5.26 Å². The van der Waals surface area contributed by atoms with E-state index in [2.05, 4.69) is 10.6 Å². The zero-order valence-corrected chi connectivity index (χ0v) is 13.5. The Morgan fingerprint density at radius 1 is 1.40 bits per heavy atom. The maximum absolute atomic E-state index is 13.9. The molecule has 0 radical (unpaired) electrons. The number of nitriles is 1. The van der Waals surface area contributed by atoms with E-state index >= 15 is 0 Å². The van der Waals surface area contributed by atoms with Crippen molar-refractivity contribution in [2.45, 2.75) is 19.3 Å². The molecular weight excluding hydrogens is 329 g/mol. The quantitative estimate of drug-likeness (QED) is 0.855. The molecule has 2 aliphatic heterocycles. The highest BCUT2D eigenvalue weighted by Crippen LogP contribution is 2.51. The van der Waals surface area contributed by atoms with Gasteiger partial charge in [0.15, 0.2) is 5.78 Å². The summed E-state index contributed by atoms with van der Waals surface area (Å²) in [5.41, 5.74) is -1.80. The van der Waals surface area contributed by atoms with Crippen LogP contribution in [0.5, 0.6) is 0 Å². The largest absolute Gasteiger partial charge is 0.479 e.